The zero-order chi connectivity index (χ0) is 17.5. The van der Waals surface area contributed by atoms with E-state index in [9.17, 15) is 14.4 Å². The highest BCUT2D eigenvalue weighted by Gasteiger charge is 2.26. The molecular weight excluding hydrogens is 310 g/mol. The maximum Gasteiger partial charge on any atom is 0.410 e. The second-order valence-corrected chi connectivity index (χ2v) is 8.03. The Morgan fingerprint density at radius 1 is 1.14 bits per heavy atom. The fourth-order valence-corrected chi connectivity index (χ4v) is 2.42. The van der Waals surface area contributed by atoms with Gasteiger partial charge in [0.25, 0.3) is 0 Å². The van der Waals surface area contributed by atoms with Crippen molar-refractivity contribution >= 4 is 29.8 Å². The van der Waals surface area contributed by atoms with Gasteiger partial charge in [-0.2, -0.15) is 0 Å². The van der Waals surface area contributed by atoms with Crippen LogP contribution in [-0.4, -0.2) is 46.0 Å². The average molecular weight is 335 g/mol. The zero-order valence-electron chi connectivity index (χ0n) is 13.8. The first-order valence-corrected chi connectivity index (χ1v) is 7.86. The molecule has 0 radical (unpaired) electrons. The number of aliphatic carboxylic acids is 1. The molecule has 0 saturated carbocycles. The number of carbonyl (C=O) groups is 3. The van der Waals surface area contributed by atoms with Crippen LogP contribution in [0.5, 0.6) is 0 Å². The summed E-state index contributed by atoms with van der Waals surface area (Å²) in [6.07, 6.45) is -1.86. The SMILES string of the molecule is CC(C)C(=O)O[C@H](C)OC(=O)NC[C@H](SC(C)(C)C)C(=O)O. The molecular formula is C14H25NO6S. The Bertz CT molecular complexity index is 405. The van der Waals surface area contributed by atoms with Crippen LogP contribution in [0.4, 0.5) is 4.79 Å². The standard InChI is InChI=1S/C14H25NO6S/c1-8(2)12(18)20-9(3)21-13(19)15-7-10(11(16)17)22-14(4,5)6/h8-10H,7H2,1-6H3,(H,15,19)(H,16,17)/t9-,10-/m0/s1. The van der Waals surface area contributed by atoms with Crippen molar-refractivity contribution in [2.45, 2.75) is 57.8 Å². The van der Waals surface area contributed by atoms with Crippen molar-refractivity contribution in [2.75, 3.05) is 6.54 Å². The molecule has 0 aliphatic heterocycles. The molecule has 22 heavy (non-hydrogen) atoms. The number of esters is 1. The molecule has 0 aromatic carbocycles. The normalized spacial score (nSPS) is 14.1. The molecule has 0 aromatic rings. The highest BCUT2D eigenvalue weighted by molar-refractivity contribution is 8.01. The maximum atomic E-state index is 11.6. The van der Waals surface area contributed by atoms with Gasteiger partial charge in [-0.05, 0) is 0 Å². The van der Waals surface area contributed by atoms with Crippen molar-refractivity contribution in [1.82, 2.24) is 5.32 Å². The molecule has 0 unspecified atom stereocenters. The van der Waals surface area contributed by atoms with E-state index in [1.54, 1.807) is 13.8 Å². The lowest BCUT2D eigenvalue weighted by atomic mass is 10.2. The Kier molecular flexibility index (Phi) is 8.29. The van der Waals surface area contributed by atoms with Gasteiger partial charge in [0.1, 0.15) is 5.25 Å². The zero-order valence-corrected chi connectivity index (χ0v) is 14.7. The van der Waals surface area contributed by atoms with Crippen LogP contribution in [0.15, 0.2) is 0 Å². The first kappa shape index (κ1) is 20.6. The predicted octanol–water partition coefficient (Wildman–Crippen LogP) is 2.24. The minimum absolute atomic E-state index is 0.0824. The number of carboxylic acid groups (broad SMARTS) is 1. The second-order valence-electron chi connectivity index (χ2n) is 6.00. The summed E-state index contributed by atoms with van der Waals surface area (Å²) in [6.45, 7) is 10.3. The molecule has 0 aromatic heterocycles. The number of rotatable bonds is 7. The Morgan fingerprint density at radius 3 is 2.09 bits per heavy atom. The summed E-state index contributed by atoms with van der Waals surface area (Å²) in [5.41, 5.74) is 0. The summed E-state index contributed by atoms with van der Waals surface area (Å²) in [5.74, 6) is -1.82. The van der Waals surface area contributed by atoms with Crippen LogP contribution in [0.2, 0.25) is 0 Å². The summed E-state index contributed by atoms with van der Waals surface area (Å²) < 4.78 is 9.45. The van der Waals surface area contributed by atoms with E-state index in [0.29, 0.717) is 0 Å². The molecule has 1 amide bonds. The molecule has 0 aliphatic carbocycles. The molecule has 0 bridgehead atoms. The van der Waals surface area contributed by atoms with Crippen LogP contribution in [-0.2, 0) is 19.1 Å². The topological polar surface area (TPSA) is 102 Å². The van der Waals surface area contributed by atoms with Crippen LogP contribution in [0.1, 0.15) is 41.5 Å². The minimum Gasteiger partial charge on any atom is -0.480 e. The Hall–Kier alpha value is -1.44. The lowest BCUT2D eigenvalue weighted by Crippen LogP contribution is -2.38. The van der Waals surface area contributed by atoms with Gasteiger partial charge >= 0.3 is 18.0 Å². The number of nitrogens with one attached hydrogen (secondary N) is 1. The van der Waals surface area contributed by atoms with Gasteiger partial charge in [0, 0.05) is 18.2 Å². The van der Waals surface area contributed by atoms with E-state index < -0.39 is 29.6 Å². The van der Waals surface area contributed by atoms with Crippen molar-refractivity contribution in [2.24, 2.45) is 5.92 Å². The van der Waals surface area contributed by atoms with Gasteiger partial charge in [-0.25, -0.2) is 4.79 Å². The first-order chi connectivity index (χ1) is 9.92. The summed E-state index contributed by atoms with van der Waals surface area (Å²) in [7, 11) is 0. The van der Waals surface area contributed by atoms with Crippen molar-refractivity contribution < 1.29 is 29.0 Å². The van der Waals surface area contributed by atoms with Crippen LogP contribution in [0.25, 0.3) is 0 Å². The molecule has 0 saturated heterocycles. The minimum atomic E-state index is -1.03. The quantitative estimate of drug-likeness (QED) is 0.543. The Morgan fingerprint density at radius 2 is 1.68 bits per heavy atom. The van der Waals surface area contributed by atoms with E-state index in [0.717, 1.165) is 0 Å². The number of ether oxygens (including phenoxy) is 2. The van der Waals surface area contributed by atoms with Gasteiger partial charge in [0.2, 0.25) is 6.29 Å². The van der Waals surface area contributed by atoms with Crippen LogP contribution >= 0.6 is 11.8 Å². The number of alkyl carbamates (subject to hydrolysis) is 1. The average Bonchev–Trinajstić information content (AvgIpc) is 2.32. The maximum absolute atomic E-state index is 11.6. The van der Waals surface area contributed by atoms with Crippen molar-refractivity contribution in [1.29, 1.82) is 0 Å². The van der Waals surface area contributed by atoms with Crippen molar-refractivity contribution in [3.05, 3.63) is 0 Å². The van der Waals surface area contributed by atoms with Crippen LogP contribution in [0, 0.1) is 5.92 Å². The third kappa shape index (κ3) is 9.49. The molecule has 0 heterocycles. The number of carboxylic acids is 1. The van der Waals surface area contributed by atoms with Crippen molar-refractivity contribution in [3.63, 3.8) is 0 Å². The van der Waals surface area contributed by atoms with Crippen LogP contribution < -0.4 is 5.32 Å². The highest BCUT2D eigenvalue weighted by atomic mass is 32.2. The molecule has 0 spiro atoms. The number of hydrogen-bond acceptors (Lipinski definition) is 6. The van der Waals surface area contributed by atoms with Gasteiger partial charge < -0.3 is 19.9 Å². The fraction of sp³-hybridized carbons (Fsp3) is 0.786. The van der Waals surface area contributed by atoms with E-state index in [1.165, 1.54) is 18.7 Å². The lowest BCUT2D eigenvalue weighted by Gasteiger charge is -2.23. The molecule has 8 heteroatoms. The molecule has 0 fully saturated rings. The van der Waals surface area contributed by atoms with E-state index in [1.807, 2.05) is 20.8 Å². The molecule has 128 valence electrons. The summed E-state index contributed by atoms with van der Waals surface area (Å²) in [6, 6.07) is 0. The summed E-state index contributed by atoms with van der Waals surface area (Å²) in [5, 5.41) is 10.7. The summed E-state index contributed by atoms with van der Waals surface area (Å²) >= 11 is 1.23. The lowest BCUT2D eigenvalue weighted by molar-refractivity contribution is -0.168. The number of thioether (sulfide) groups is 1. The van der Waals surface area contributed by atoms with Gasteiger partial charge in [-0.3, -0.25) is 9.59 Å². The van der Waals surface area contributed by atoms with Gasteiger partial charge in [-0.15, -0.1) is 11.8 Å². The summed E-state index contributed by atoms with van der Waals surface area (Å²) in [4.78, 5) is 34.1. The monoisotopic (exact) mass is 335 g/mol. The third-order valence-electron chi connectivity index (χ3n) is 2.23. The second kappa shape index (κ2) is 8.87. The molecule has 2 atom stereocenters. The third-order valence-corrected chi connectivity index (χ3v) is 3.59. The fourth-order valence-electron chi connectivity index (χ4n) is 1.30. The van der Waals surface area contributed by atoms with E-state index >= 15 is 0 Å². The first-order valence-electron chi connectivity index (χ1n) is 6.98. The van der Waals surface area contributed by atoms with Crippen LogP contribution in [0.3, 0.4) is 0 Å². The number of hydrogen-bond donors (Lipinski definition) is 2. The molecule has 0 aliphatic rings. The predicted molar refractivity (Wildman–Crippen MR) is 83.6 cm³/mol. The van der Waals surface area contributed by atoms with E-state index in [2.05, 4.69) is 5.32 Å². The largest absolute Gasteiger partial charge is 0.480 e. The van der Waals surface area contributed by atoms with E-state index in [-0.39, 0.29) is 17.2 Å². The van der Waals surface area contributed by atoms with Gasteiger partial charge in [0.15, 0.2) is 0 Å². The Labute approximate surface area is 135 Å². The number of amides is 1. The smallest absolute Gasteiger partial charge is 0.410 e. The van der Waals surface area contributed by atoms with Gasteiger partial charge in [0.05, 0.1) is 5.92 Å². The molecule has 0 rings (SSSR count). The van der Waals surface area contributed by atoms with Gasteiger partial charge in [-0.1, -0.05) is 34.6 Å². The molecule has 2 N–H and O–H groups in total. The van der Waals surface area contributed by atoms with Crippen molar-refractivity contribution in [3.8, 4) is 0 Å². The molecule has 7 nitrogen and oxygen atoms in total. The highest BCUT2D eigenvalue weighted by Crippen LogP contribution is 2.27. The number of carbonyl (C=O) groups excluding carboxylic acids is 2. The van der Waals surface area contributed by atoms with E-state index in [4.69, 9.17) is 14.6 Å². The Balaban J connectivity index is 4.30.